The third-order valence-electron chi connectivity index (χ3n) is 5.07. The molecule has 2 amide bonds. The van der Waals surface area contributed by atoms with Gasteiger partial charge in [0.25, 0.3) is 0 Å². The van der Waals surface area contributed by atoms with Crippen LogP contribution in [-0.2, 0) is 13.0 Å². The lowest BCUT2D eigenvalue weighted by atomic mass is 9.75. The molecule has 4 rings (SSSR count). The molecule has 3 heterocycles. The number of rotatable bonds is 4. The molecular weight excluding hydrogens is 354 g/mol. The van der Waals surface area contributed by atoms with Crippen molar-refractivity contribution in [3.05, 3.63) is 65.8 Å². The topological polar surface area (TPSA) is 85.0 Å². The van der Waals surface area contributed by atoms with Crippen molar-refractivity contribution in [1.82, 2.24) is 25.2 Å². The minimum Gasteiger partial charge on any atom is -0.466 e. The number of carbonyl (C=O) groups is 1. The number of hydrogen-bond donors (Lipinski definition) is 2. The third kappa shape index (κ3) is 3.93. The monoisotopic (exact) mass is 379 g/mol. The lowest BCUT2D eigenvalue weighted by Crippen LogP contribution is -2.41. The van der Waals surface area contributed by atoms with Gasteiger partial charge >= 0.3 is 6.03 Å². The van der Waals surface area contributed by atoms with E-state index in [1.54, 1.807) is 18.7 Å². The SMILES string of the molecule is Cc1cc2c(o1)CC(C)(C)C[C@H]2NC(=O)NCc1ccc(-n2ccnc2)nc1. The number of imidazole rings is 1. The van der Waals surface area contributed by atoms with Crippen molar-refractivity contribution in [3.63, 3.8) is 0 Å². The summed E-state index contributed by atoms with van der Waals surface area (Å²) >= 11 is 0. The fraction of sp³-hybridized carbons (Fsp3) is 0.381. The predicted molar refractivity (Wildman–Crippen MR) is 105 cm³/mol. The Morgan fingerprint density at radius 1 is 1.39 bits per heavy atom. The second-order valence-electron chi connectivity index (χ2n) is 8.15. The zero-order valence-electron chi connectivity index (χ0n) is 16.4. The summed E-state index contributed by atoms with van der Waals surface area (Å²) in [5.74, 6) is 2.66. The molecule has 28 heavy (non-hydrogen) atoms. The average molecular weight is 379 g/mol. The molecule has 2 N–H and O–H groups in total. The summed E-state index contributed by atoms with van der Waals surface area (Å²) in [4.78, 5) is 20.9. The summed E-state index contributed by atoms with van der Waals surface area (Å²) in [6, 6.07) is 5.66. The summed E-state index contributed by atoms with van der Waals surface area (Å²) < 4.78 is 7.67. The molecule has 7 heteroatoms. The fourth-order valence-corrected chi connectivity index (χ4v) is 3.77. The summed E-state index contributed by atoms with van der Waals surface area (Å²) in [6.45, 7) is 6.76. The Balaban J connectivity index is 1.37. The van der Waals surface area contributed by atoms with Gasteiger partial charge in [0.05, 0.1) is 6.04 Å². The second-order valence-corrected chi connectivity index (χ2v) is 8.15. The number of urea groups is 1. The number of furan rings is 1. The number of amides is 2. The van der Waals surface area contributed by atoms with Crippen LogP contribution in [0.3, 0.4) is 0 Å². The molecule has 3 aromatic rings. The Morgan fingerprint density at radius 3 is 2.96 bits per heavy atom. The Morgan fingerprint density at radius 2 is 2.25 bits per heavy atom. The number of carbonyl (C=O) groups excluding carboxylic acids is 1. The predicted octanol–water partition coefficient (Wildman–Crippen LogP) is 3.68. The van der Waals surface area contributed by atoms with E-state index in [4.69, 9.17) is 4.42 Å². The number of aryl methyl sites for hydroxylation is 1. The number of hydrogen-bond acceptors (Lipinski definition) is 4. The van der Waals surface area contributed by atoms with Crippen LogP contribution >= 0.6 is 0 Å². The highest BCUT2D eigenvalue weighted by atomic mass is 16.3. The van der Waals surface area contributed by atoms with Gasteiger partial charge in [-0.15, -0.1) is 0 Å². The molecule has 0 saturated heterocycles. The molecule has 1 aliphatic carbocycles. The van der Waals surface area contributed by atoms with Gasteiger partial charge in [0.15, 0.2) is 0 Å². The van der Waals surface area contributed by atoms with E-state index in [1.165, 1.54) is 0 Å². The maximum atomic E-state index is 12.5. The minimum absolute atomic E-state index is 0.0436. The highest BCUT2D eigenvalue weighted by Gasteiger charge is 2.35. The highest BCUT2D eigenvalue weighted by Crippen LogP contribution is 2.41. The quantitative estimate of drug-likeness (QED) is 0.724. The smallest absolute Gasteiger partial charge is 0.315 e. The van der Waals surface area contributed by atoms with Gasteiger partial charge < -0.3 is 15.1 Å². The van der Waals surface area contributed by atoms with Crippen LogP contribution < -0.4 is 10.6 Å². The van der Waals surface area contributed by atoms with Crippen LogP contribution in [0.2, 0.25) is 0 Å². The van der Waals surface area contributed by atoms with Crippen LogP contribution in [0.15, 0.2) is 47.5 Å². The first-order chi connectivity index (χ1) is 13.4. The van der Waals surface area contributed by atoms with E-state index in [0.717, 1.165) is 41.3 Å². The number of nitrogens with one attached hydrogen (secondary N) is 2. The van der Waals surface area contributed by atoms with Crippen LogP contribution in [0.25, 0.3) is 5.82 Å². The Bertz CT molecular complexity index is 957. The van der Waals surface area contributed by atoms with Crippen LogP contribution in [0.5, 0.6) is 0 Å². The summed E-state index contributed by atoms with van der Waals surface area (Å²) in [6.07, 6.45) is 8.78. The van der Waals surface area contributed by atoms with E-state index in [2.05, 4.69) is 34.4 Å². The van der Waals surface area contributed by atoms with E-state index in [-0.39, 0.29) is 17.5 Å². The summed E-state index contributed by atoms with van der Waals surface area (Å²) in [5.41, 5.74) is 2.11. The molecule has 0 unspecified atom stereocenters. The van der Waals surface area contributed by atoms with Gasteiger partial charge in [-0.3, -0.25) is 4.57 Å². The third-order valence-corrected chi connectivity index (χ3v) is 5.07. The summed E-state index contributed by atoms with van der Waals surface area (Å²) in [5, 5.41) is 6.03. The normalized spacial score (nSPS) is 17.8. The summed E-state index contributed by atoms with van der Waals surface area (Å²) in [7, 11) is 0. The molecule has 0 radical (unpaired) electrons. The molecule has 0 fully saturated rings. The van der Waals surface area contributed by atoms with Gasteiger partial charge in [-0.1, -0.05) is 19.9 Å². The van der Waals surface area contributed by atoms with Crippen LogP contribution in [0, 0.1) is 12.3 Å². The zero-order valence-corrected chi connectivity index (χ0v) is 16.4. The average Bonchev–Trinajstić information content (AvgIpc) is 3.29. The van der Waals surface area contributed by atoms with E-state index >= 15 is 0 Å². The van der Waals surface area contributed by atoms with Gasteiger partial charge in [-0.25, -0.2) is 14.8 Å². The van der Waals surface area contributed by atoms with Crippen molar-refractivity contribution in [2.24, 2.45) is 5.41 Å². The Labute approximate surface area is 164 Å². The molecule has 0 bridgehead atoms. The van der Waals surface area contributed by atoms with E-state index < -0.39 is 0 Å². The molecular formula is C21H25N5O2. The first-order valence-corrected chi connectivity index (χ1v) is 9.46. The maximum Gasteiger partial charge on any atom is 0.315 e. The van der Waals surface area contributed by atoms with Crippen molar-refractivity contribution in [2.45, 2.75) is 46.2 Å². The molecule has 0 aliphatic heterocycles. The van der Waals surface area contributed by atoms with E-state index in [1.807, 2.05) is 35.9 Å². The molecule has 146 valence electrons. The first kappa shape index (κ1) is 18.3. The minimum atomic E-state index is -0.189. The number of nitrogens with zero attached hydrogens (tertiary/aromatic N) is 3. The van der Waals surface area contributed by atoms with Crippen LogP contribution in [-0.4, -0.2) is 20.6 Å². The van der Waals surface area contributed by atoms with Gasteiger partial charge in [-0.05, 0) is 36.5 Å². The van der Waals surface area contributed by atoms with Crippen LogP contribution in [0.4, 0.5) is 4.79 Å². The van der Waals surface area contributed by atoms with Crippen molar-refractivity contribution in [2.75, 3.05) is 0 Å². The molecule has 1 aliphatic rings. The molecule has 0 aromatic carbocycles. The molecule has 3 aromatic heterocycles. The van der Waals surface area contributed by atoms with Gasteiger partial charge in [-0.2, -0.15) is 0 Å². The Kier molecular flexibility index (Phi) is 4.66. The molecule has 7 nitrogen and oxygen atoms in total. The zero-order chi connectivity index (χ0) is 19.7. The second kappa shape index (κ2) is 7.14. The lowest BCUT2D eigenvalue weighted by molar-refractivity contribution is 0.214. The first-order valence-electron chi connectivity index (χ1n) is 9.46. The van der Waals surface area contributed by atoms with E-state index in [0.29, 0.717) is 6.54 Å². The van der Waals surface area contributed by atoms with Crippen LogP contribution in [0.1, 0.15) is 49.0 Å². The van der Waals surface area contributed by atoms with Gasteiger partial charge in [0.2, 0.25) is 0 Å². The molecule has 1 atom stereocenters. The standard InChI is InChI=1S/C21H25N5O2/c1-14-8-16-17(9-21(2,3)10-18(16)28-14)25-20(27)24-12-15-4-5-19(23-11-15)26-7-6-22-13-26/h4-8,11,13,17H,9-10,12H2,1-3H3,(H2,24,25,27)/t17-/m1/s1. The number of fused-ring (bicyclic) bond motifs is 1. The van der Waals surface area contributed by atoms with Gasteiger partial charge in [0, 0.05) is 37.1 Å². The van der Waals surface area contributed by atoms with Gasteiger partial charge in [0.1, 0.15) is 23.7 Å². The fourth-order valence-electron chi connectivity index (χ4n) is 3.77. The number of pyridine rings is 1. The van der Waals surface area contributed by atoms with Crippen molar-refractivity contribution >= 4 is 6.03 Å². The van der Waals surface area contributed by atoms with Crippen molar-refractivity contribution < 1.29 is 9.21 Å². The largest absolute Gasteiger partial charge is 0.466 e. The van der Waals surface area contributed by atoms with Crippen molar-refractivity contribution in [1.29, 1.82) is 0 Å². The van der Waals surface area contributed by atoms with E-state index in [9.17, 15) is 4.79 Å². The highest BCUT2D eigenvalue weighted by molar-refractivity contribution is 5.74. The number of aromatic nitrogens is 3. The van der Waals surface area contributed by atoms with Crippen molar-refractivity contribution in [3.8, 4) is 5.82 Å². The molecule has 0 spiro atoms. The maximum absolute atomic E-state index is 12.5. The Hall–Kier alpha value is -3.09. The lowest BCUT2D eigenvalue weighted by Gasteiger charge is -2.34. The molecule has 0 saturated carbocycles.